The van der Waals surface area contributed by atoms with Crippen molar-refractivity contribution in [2.24, 2.45) is 5.92 Å². The summed E-state index contributed by atoms with van der Waals surface area (Å²) in [4.78, 5) is 2.43. The molecule has 2 aromatic rings. The Labute approximate surface area is 126 Å². The van der Waals surface area contributed by atoms with Crippen molar-refractivity contribution in [3.05, 3.63) is 54.1 Å². The molecular weight excluding hydrogens is 260 g/mol. The molecule has 0 saturated heterocycles. The zero-order valence-corrected chi connectivity index (χ0v) is 12.5. The molecule has 0 saturated carbocycles. The second-order valence-corrected chi connectivity index (χ2v) is 5.80. The Kier molecular flexibility index (Phi) is 4.00. The lowest BCUT2D eigenvalue weighted by atomic mass is 9.94. The molecule has 0 bridgehead atoms. The van der Waals surface area contributed by atoms with Gasteiger partial charge in [0.2, 0.25) is 0 Å². The summed E-state index contributed by atoms with van der Waals surface area (Å²) < 4.78 is 5.82. The Bertz CT molecular complexity index is 594. The third-order valence-corrected chi connectivity index (χ3v) is 3.94. The molecule has 0 radical (unpaired) electrons. The number of ether oxygens (including phenoxy) is 1. The summed E-state index contributed by atoms with van der Waals surface area (Å²) in [6.07, 6.45) is 1.17. The molecule has 3 nitrogen and oxygen atoms in total. The predicted octanol–water partition coefficient (Wildman–Crippen LogP) is 3.35. The predicted molar refractivity (Wildman–Crippen MR) is 87.9 cm³/mol. The molecule has 1 heterocycles. The van der Waals surface area contributed by atoms with Gasteiger partial charge in [-0.05, 0) is 48.2 Å². The van der Waals surface area contributed by atoms with Crippen molar-refractivity contribution < 1.29 is 4.74 Å². The number of nitrogens with two attached hydrogens (primary N) is 1. The molecule has 0 fully saturated rings. The van der Waals surface area contributed by atoms with Gasteiger partial charge in [0, 0.05) is 17.9 Å². The Balaban J connectivity index is 1.61. The van der Waals surface area contributed by atoms with Crippen molar-refractivity contribution >= 4 is 11.4 Å². The first-order valence-corrected chi connectivity index (χ1v) is 7.53. The van der Waals surface area contributed by atoms with Crippen molar-refractivity contribution in [1.29, 1.82) is 0 Å². The van der Waals surface area contributed by atoms with E-state index >= 15 is 0 Å². The number of benzene rings is 2. The standard InChI is InChI=1S/C18H22N2O/c1-14-12-15-4-2-3-5-18(15)20(13-14)10-11-21-17-8-6-16(19)7-9-17/h2-9,14H,10-13,19H2,1H3. The van der Waals surface area contributed by atoms with Crippen LogP contribution < -0.4 is 15.4 Å². The first kappa shape index (κ1) is 13.8. The topological polar surface area (TPSA) is 38.5 Å². The van der Waals surface area contributed by atoms with Crippen molar-refractivity contribution in [2.75, 3.05) is 30.3 Å². The Morgan fingerprint density at radius 2 is 1.90 bits per heavy atom. The van der Waals surface area contributed by atoms with Gasteiger partial charge in [-0.15, -0.1) is 0 Å². The zero-order valence-electron chi connectivity index (χ0n) is 12.5. The fourth-order valence-electron chi connectivity index (χ4n) is 2.96. The number of para-hydroxylation sites is 1. The van der Waals surface area contributed by atoms with Crippen LogP contribution in [0.3, 0.4) is 0 Å². The van der Waals surface area contributed by atoms with Crippen LogP contribution in [0.1, 0.15) is 12.5 Å². The fourth-order valence-corrected chi connectivity index (χ4v) is 2.96. The summed E-state index contributed by atoms with van der Waals surface area (Å²) in [5.74, 6) is 1.57. The average Bonchev–Trinajstić information content (AvgIpc) is 2.49. The van der Waals surface area contributed by atoms with E-state index in [4.69, 9.17) is 10.5 Å². The van der Waals surface area contributed by atoms with Gasteiger partial charge in [-0.2, -0.15) is 0 Å². The van der Waals surface area contributed by atoms with E-state index in [1.807, 2.05) is 24.3 Å². The molecule has 1 aliphatic rings. The molecule has 3 rings (SSSR count). The highest BCUT2D eigenvalue weighted by Gasteiger charge is 2.20. The minimum Gasteiger partial charge on any atom is -0.492 e. The average molecular weight is 282 g/mol. The van der Waals surface area contributed by atoms with Gasteiger partial charge in [0.05, 0.1) is 6.54 Å². The van der Waals surface area contributed by atoms with Gasteiger partial charge >= 0.3 is 0 Å². The van der Waals surface area contributed by atoms with Crippen molar-refractivity contribution in [2.45, 2.75) is 13.3 Å². The highest BCUT2D eigenvalue weighted by atomic mass is 16.5. The van der Waals surface area contributed by atoms with Gasteiger partial charge in [0.25, 0.3) is 0 Å². The van der Waals surface area contributed by atoms with Crippen molar-refractivity contribution in [1.82, 2.24) is 0 Å². The van der Waals surface area contributed by atoms with Crippen LogP contribution in [-0.2, 0) is 6.42 Å². The molecule has 1 atom stereocenters. The monoisotopic (exact) mass is 282 g/mol. The molecule has 1 aliphatic heterocycles. The van der Waals surface area contributed by atoms with Gasteiger partial charge in [-0.25, -0.2) is 0 Å². The molecule has 0 aromatic heterocycles. The number of anilines is 2. The van der Waals surface area contributed by atoms with E-state index in [1.165, 1.54) is 17.7 Å². The SMILES string of the molecule is CC1Cc2ccccc2N(CCOc2ccc(N)cc2)C1. The summed E-state index contributed by atoms with van der Waals surface area (Å²) in [5, 5.41) is 0. The van der Waals surface area contributed by atoms with E-state index in [0.29, 0.717) is 12.5 Å². The van der Waals surface area contributed by atoms with Crippen molar-refractivity contribution in [3.8, 4) is 5.75 Å². The highest BCUT2D eigenvalue weighted by Crippen LogP contribution is 2.29. The maximum Gasteiger partial charge on any atom is 0.119 e. The van der Waals surface area contributed by atoms with Crippen LogP contribution in [0.5, 0.6) is 5.75 Å². The van der Waals surface area contributed by atoms with Crippen molar-refractivity contribution in [3.63, 3.8) is 0 Å². The zero-order chi connectivity index (χ0) is 14.7. The Morgan fingerprint density at radius 3 is 2.71 bits per heavy atom. The summed E-state index contributed by atoms with van der Waals surface area (Å²) in [6.45, 7) is 5.00. The van der Waals surface area contributed by atoms with Crippen LogP contribution in [-0.4, -0.2) is 19.7 Å². The minimum absolute atomic E-state index is 0.685. The lowest BCUT2D eigenvalue weighted by Gasteiger charge is -2.34. The molecule has 21 heavy (non-hydrogen) atoms. The van der Waals surface area contributed by atoms with Gasteiger partial charge in [-0.1, -0.05) is 25.1 Å². The highest BCUT2D eigenvalue weighted by molar-refractivity contribution is 5.55. The number of nitrogens with zero attached hydrogens (tertiary/aromatic N) is 1. The summed E-state index contributed by atoms with van der Waals surface area (Å²) >= 11 is 0. The number of hydrogen-bond donors (Lipinski definition) is 1. The van der Waals surface area contributed by atoms with Crippen LogP contribution in [0.2, 0.25) is 0 Å². The van der Waals surface area contributed by atoms with Gasteiger partial charge in [0.15, 0.2) is 0 Å². The van der Waals surface area contributed by atoms with Crippen LogP contribution in [0, 0.1) is 5.92 Å². The number of hydrogen-bond acceptors (Lipinski definition) is 3. The lowest BCUT2D eigenvalue weighted by molar-refractivity contribution is 0.319. The summed E-state index contributed by atoms with van der Waals surface area (Å²) in [6, 6.07) is 16.3. The normalized spacial score (nSPS) is 17.4. The molecule has 110 valence electrons. The minimum atomic E-state index is 0.685. The van der Waals surface area contributed by atoms with E-state index < -0.39 is 0 Å². The second-order valence-electron chi connectivity index (χ2n) is 5.80. The number of nitrogen functional groups attached to an aromatic ring is 1. The maximum atomic E-state index is 5.82. The maximum absolute atomic E-state index is 5.82. The van der Waals surface area contributed by atoms with Crippen LogP contribution in [0.25, 0.3) is 0 Å². The third kappa shape index (κ3) is 3.30. The molecule has 2 N–H and O–H groups in total. The van der Waals surface area contributed by atoms with Crippen LogP contribution in [0.15, 0.2) is 48.5 Å². The molecule has 1 unspecified atom stereocenters. The molecule has 2 aromatic carbocycles. The van der Waals surface area contributed by atoms with Gasteiger partial charge < -0.3 is 15.4 Å². The van der Waals surface area contributed by atoms with E-state index in [-0.39, 0.29) is 0 Å². The van der Waals surface area contributed by atoms with E-state index in [1.54, 1.807) is 0 Å². The molecule has 0 aliphatic carbocycles. The van der Waals surface area contributed by atoms with E-state index in [0.717, 1.165) is 24.5 Å². The Morgan fingerprint density at radius 1 is 1.14 bits per heavy atom. The smallest absolute Gasteiger partial charge is 0.119 e. The molecule has 0 amide bonds. The number of fused-ring (bicyclic) bond motifs is 1. The fraction of sp³-hybridized carbons (Fsp3) is 0.333. The first-order chi connectivity index (χ1) is 10.2. The summed E-state index contributed by atoms with van der Waals surface area (Å²) in [5.41, 5.74) is 9.25. The quantitative estimate of drug-likeness (QED) is 0.874. The third-order valence-electron chi connectivity index (χ3n) is 3.94. The van der Waals surface area contributed by atoms with Gasteiger partial charge in [-0.3, -0.25) is 0 Å². The van der Waals surface area contributed by atoms with Crippen LogP contribution >= 0.6 is 0 Å². The molecule has 3 heteroatoms. The van der Waals surface area contributed by atoms with E-state index in [2.05, 4.69) is 36.1 Å². The largest absolute Gasteiger partial charge is 0.492 e. The van der Waals surface area contributed by atoms with E-state index in [9.17, 15) is 0 Å². The molecule has 0 spiro atoms. The Hall–Kier alpha value is -2.16. The molecular formula is C18H22N2O. The second kappa shape index (κ2) is 6.08. The van der Waals surface area contributed by atoms with Crippen LogP contribution in [0.4, 0.5) is 11.4 Å². The first-order valence-electron chi connectivity index (χ1n) is 7.53. The number of rotatable bonds is 4. The lowest BCUT2D eigenvalue weighted by Crippen LogP contribution is -2.37. The van der Waals surface area contributed by atoms with Gasteiger partial charge in [0.1, 0.15) is 12.4 Å². The summed E-state index contributed by atoms with van der Waals surface area (Å²) in [7, 11) is 0.